The highest BCUT2D eigenvalue weighted by molar-refractivity contribution is 7.99. The molecule has 0 bridgehead atoms. The van der Waals surface area contributed by atoms with Crippen LogP contribution in [0.25, 0.3) is 10.2 Å². The van der Waals surface area contributed by atoms with Crippen LogP contribution in [0.1, 0.15) is 24.2 Å². The highest BCUT2D eigenvalue weighted by Crippen LogP contribution is 2.29. The van der Waals surface area contributed by atoms with Gasteiger partial charge in [0.05, 0.1) is 10.2 Å². The van der Waals surface area contributed by atoms with Gasteiger partial charge in [0.25, 0.3) is 5.91 Å². The zero-order valence-corrected chi connectivity index (χ0v) is 15.1. The molecular formula is C17H15ClN2OS2. The van der Waals surface area contributed by atoms with E-state index in [0.717, 1.165) is 15.1 Å². The van der Waals surface area contributed by atoms with Crippen LogP contribution < -0.4 is 5.32 Å². The van der Waals surface area contributed by atoms with Gasteiger partial charge in [0.15, 0.2) is 5.13 Å². The molecule has 0 aliphatic rings. The number of nitrogens with zero attached hydrogens (tertiary/aromatic N) is 1. The molecule has 3 aromatic rings. The monoisotopic (exact) mass is 362 g/mol. The Bertz CT molecular complexity index is 861. The maximum absolute atomic E-state index is 12.4. The summed E-state index contributed by atoms with van der Waals surface area (Å²) in [6, 6.07) is 13.1. The molecule has 0 radical (unpaired) electrons. The molecule has 0 saturated carbocycles. The topological polar surface area (TPSA) is 42.0 Å². The number of hydrogen-bond donors (Lipinski definition) is 1. The van der Waals surface area contributed by atoms with E-state index >= 15 is 0 Å². The van der Waals surface area contributed by atoms with Crippen molar-refractivity contribution in [1.82, 2.24) is 4.98 Å². The maximum atomic E-state index is 12.4. The fourth-order valence-electron chi connectivity index (χ4n) is 2.10. The predicted octanol–water partition coefficient (Wildman–Crippen LogP) is 5.70. The van der Waals surface area contributed by atoms with Crippen LogP contribution in [0.4, 0.5) is 5.13 Å². The van der Waals surface area contributed by atoms with Gasteiger partial charge in [0, 0.05) is 20.7 Å². The first kappa shape index (κ1) is 16.3. The van der Waals surface area contributed by atoms with Gasteiger partial charge in [-0.1, -0.05) is 42.9 Å². The molecule has 6 heteroatoms. The molecular weight excluding hydrogens is 348 g/mol. The molecule has 3 nitrogen and oxygen atoms in total. The van der Waals surface area contributed by atoms with Crippen molar-refractivity contribution in [3.05, 3.63) is 53.1 Å². The van der Waals surface area contributed by atoms with Gasteiger partial charge in [-0.3, -0.25) is 10.1 Å². The number of nitrogens with one attached hydrogen (secondary N) is 1. The fourth-order valence-corrected chi connectivity index (χ4v) is 4.14. The second kappa shape index (κ2) is 6.91. The van der Waals surface area contributed by atoms with Crippen molar-refractivity contribution >= 4 is 56.0 Å². The summed E-state index contributed by atoms with van der Waals surface area (Å²) in [5.74, 6) is -0.152. The summed E-state index contributed by atoms with van der Waals surface area (Å²) in [4.78, 5) is 17.9. The number of halogens is 1. The average Bonchev–Trinajstić information content (AvgIpc) is 2.88. The number of aromatic nitrogens is 1. The van der Waals surface area contributed by atoms with Crippen LogP contribution >= 0.6 is 34.7 Å². The summed E-state index contributed by atoms with van der Waals surface area (Å²) >= 11 is 9.13. The molecule has 0 saturated heterocycles. The van der Waals surface area contributed by atoms with Crippen LogP contribution in [0, 0.1) is 0 Å². The second-order valence-corrected chi connectivity index (χ2v) is 8.40. The Morgan fingerprint density at radius 3 is 2.87 bits per heavy atom. The largest absolute Gasteiger partial charge is 0.298 e. The first-order chi connectivity index (χ1) is 11.0. The van der Waals surface area contributed by atoms with Crippen molar-refractivity contribution in [2.24, 2.45) is 0 Å². The van der Waals surface area contributed by atoms with Gasteiger partial charge in [0.1, 0.15) is 0 Å². The molecule has 2 aromatic carbocycles. The predicted molar refractivity (Wildman–Crippen MR) is 100 cm³/mol. The van der Waals surface area contributed by atoms with E-state index in [2.05, 4.69) is 24.1 Å². The van der Waals surface area contributed by atoms with E-state index in [1.165, 1.54) is 11.3 Å². The number of thiazole rings is 1. The van der Waals surface area contributed by atoms with Crippen LogP contribution in [0.2, 0.25) is 5.02 Å². The number of thioether (sulfide) groups is 1. The third-order valence-corrected chi connectivity index (χ3v) is 5.21. The number of fused-ring (bicyclic) bond motifs is 1. The first-order valence-electron chi connectivity index (χ1n) is 7.15. The summed E-state index contributed by atoms with van der Waals surface area (Å²) in [5, 5.41) is 4.58. The zero-order valence-electron chi connectivity index (χ0n) is 12.7. The quantitative estimate of drug-likeness (QED) is 0.605. The molecule has 0 fully saturated rings. The van der Waals surface area contributed by atoms with Crippen LogP contribution in [-0.4, -0.2) is 16.1 Å². The molecule has 1 heterocycles. The minimum atomic E-state index is -0.152. The third-order valence-electron chi connectivity index (χ3n) is 3.04. The molecule has 23 heavy (non-hydrogen) atoms. The van der Waals surface area contributed by atoms with E-state index < -0.39 is 0 Å². The van der Waals surface area contributed by atoms with Crippen LogP contribution in [0.5, 0.6) is 0 Å². The molecule has 1 aromatic heterocycles. The lowest BCUT2D eigenvalue weighted by Crippen LogP contribution is -2.11. The second-order valence-electron chi connectivity index (χ2n) is 5.28. The lowest BCUT2D eigenvalue weighted by molar-refractivity contribution is 0.102. The lowest BCUT2D eigenvalue weighted by atomic mass is 10.2. The van der Waals surface area contributed by atoms with Crippen molar-refractivity contribution in [2.75, 3.05) is 5.32 Å². The Hall–Kier alpha value is -1.56. The number of carbonyl (C=O) groups is 1. The van der Waals surface area contributed by atoms with E-state index in [4.69, 9.17) is 11.6 Å². The van der Waals surface area contributed by atoms with E-state index in [0.29, 0.717) is 21.0 Å². The number of carbonyl (C=O) groups excluding carboxylic acids is 1. The maximum Gasteiger partial charge on any atom is 0.257 e. The van der Waals surface area contributed by atoms with Gasteiger partial charge >= 0.3 is 0 Å². The zero-order chi connectivity index (χ0) is 16.4. The molecule has 0 atom stereocenters. The van der Waals surface area contributed by atoms with Gasteiger partial charge < -0.3 is 0 Å². The highest BCUT2D eigenvalue weighted by atomic mass is 35.5. The number of anilines is 1. The third kappa shape index (κ3) is 4.05. The molecule has 0 aliphatic heterocycles. The smallest absolute Gasteiger partial charge is 0.257 e. The summed E-state index contributed by atoms with van der Waals surface area (Å²) in [5.41, 5.74) is 1.46. The van der Waals surface area contributed by atoms with Crippen LogP contribution in [0.3, 0.4) is 0 Å². The van der Waals surface area contributed by atoms with Gasteiger partial charge in [-0.25, -0.2) is 4.98 Å². The molecule has 118 valence electrons. The Morgan fingerprint density at radius 2 is 2.09 bits per heavy atom. The summed E-state index contributed by atoms with van der Waals surface area (Å²) in [7, 11) is 0. The van der Waals surface area contributed by atoms with Crippen molar-refractivity contribution in [1.29, 1.82) is 0 Å². The van der Waals surface area contributed by atoms with Crippen molar-refractivity contribution in [3.63, 3.8) is 0 Å². The summed E-state index contributed by atoms with van der Waals surface area (Å²) in [6.45, 7) is 4.26. The number of hydrogen-bond acceptors (Lipinski definition) is 4. The normalized spacial score (nSPS) is 11.1. The molecule has 3 rings (SSSR count). The molecule has 0 unspecified atom stereocenters. The minimum absolute atomic E-state index is 0.152. The number of rotatable bonds is 4. The summed E-state index contributed by atoms with van der Waals surface area (Å²) < 4.78 is 0.955. The van der Waals surface area contributed by atoms with Gasteiger partial charge in [-0.05, 0) is 36.4 Å². The fraction of sp³-hybridized carbons (Fsp3) is 0.176. The molecule has 1 amide bonds. The number of amides is 1. The van der Waals surface area contributed by atoms with Crippen molar-refractivity contribution in [2.45, 2.75) is 24.0 Å². The van der Waals surface area contributed by atoms with E-state index in [1.807, 2.05) is 36.4 Å². The van der Waals surface area contributed by atoms with E-state index in [1.54, 1.807) is 17.8 Å². The molecule has 0 spiro atoms. The molecule has 0 aliphatic carbocycles. The van der Waals surface area contributed by atoms with Crippen molar-refractivity contribution < 1.29 is 4.79 Å². The Kier molecular flexibility index (Phi) is 4.90. The van der Waals surface area contributed by atoms with Crippen LogP contribution in [-0.2, 0) is 0 Å². The average molecular weight is 363 g/mol. The first-order valence-corrected chi connectivity index (χ1v) is 9.23. The van der Waals surface area contributed by atoms with Crippen LogP contribution in [0.15, 0.2) is 47.4 Å². The summed E-state index contributed by atoms with van der Waals surface area (Å²) in [6.07, 6.45) is 0. The molecule has 1 N–H and O–H groups in total. The van der Waals surface area contributed by atoms with E-state index in [9.17, 15) is 4.79 Å². The van der Waals surface area contributed by atoms with E-state index in [-0.39, 0.29) is 5.91 Å². The highest BCUT2D eigenvalue weighted by Gasteiger charge is 2.11. The Balaban J connectivity index is 1.80. The standard InChI is InChI=1S/C17H15ClN2OS2/c1-10(2)22-13-5-3-4-11(8-13)16(21)20-17-19-14-7-6-12(18)9-15(14)23-17/h3-10H,1-2H3,(H,19,20,21). The SMILES string of the molecule is CC(C)Sc1cccc(C(=O)Nc2nc3ccc(Cl)cc3s2)c1. The Morgan fingerprint density at radius 1 is 1.26 bits per heavy atom. The van der Waals surface area contributed by atoms with Gasteiger partial charge in [0.2, 0.25) is 0 Å². The Labute approximate surface area is 148 Å². The van der Waals surface area contributed by atoms with Gasteiger partial charge in [-0.15, -0.1) is 11.8 Å². The minimum Gasteiger partial charge on any atom is -0.298 e. The van der Waals surface area contributed by atoms with Gasteiger partial charge in [-0.2, -0.15) is 0 Å². The lowest BCUT2D eigenvalue weighted by Gasteiger charge is -2.07. The van der Waals surface area contributed by atoms with Crippen molar-refractivity contribution in [3.8, 4) is 0 Å². The number of benzene rings is 2.